The maximum atomic E-state index is 14.0. The number of nitrogens with zero attached hydrogens (tertiary/aromatic N) is 3. The van der Waals surface area contributed by atoms with Gasteiger partial charge < -0.3 is 10.0 Å². The van der Waals surface area contributed by atoms with Crippen molar-refractivity contribution >= 4 is 21.6 Å². The smallest absolute Gasteiger partial charge is 0.391 e. The molecule has 5 nitrogen and oxygen atoms in total. The van der Waals surface area contributed by atoms with Gasteiger partial charge in [0.15, 0.2) is 0 Å². The van der Waals surface area contributed by atoms with Crippen LogP contribution in [0.25, 0.3) is 16.9 Å². The molecule has 1 saturated heterocycles. The fraction of sp³-hybridized carbons (Fsp3) is 0.333. The molecule has 9 heteroatoms. The van der Waals surface area contributed by atoms with Crippen LogP contribution in [0.2, 0.25) is 0 Å². The van der Waals surface area contributed by atoms with Crippen LogP contribution in [0.4, 0.5) is 18.9 Å². The van der Waals surface area contributed by atoms with E-state index in [1.165, 1.54) is 12.1 Å². The minimum absolute atomic E-state index is 0.292. The van der Waals surface area contributed by atoms with Crippen LogP contribution in [-0.2, 0) is 19.0 Å². The first-order chi connectivity index (χ1) is 15.7. The summed E-state index contributed by atoms with van der Waals surface area (Å²) in [7, 11) is 0. The number of rotatable bonds is 3. The summed E-state index contributed by atoms with van der Waals surface area (Å²) in [4.78, 5) is 15.2. The fourth-order valence-corrected chi connectivity index (χ4v) is 4.95. The fourth-order valence-electron chi connectivity index (χ4n) is 4.69. The van der Waals surface area contributed by atoms with Crippen LogP contribution in [0, 0.1) is 0 Å². The molecule has 2 aromatic carbocycles. The molecule has 0 bridgehead atoms. The molecule has 1 fully saturated rings. The van der Waals surface area contributed by atoms with Gasteiger partial charge in [0, 0.05) is 34.4 Å². The van der Waals surface area contributed by atoms with E-state index in [0.29, 0.717) is 49.3 Å². The minimum atomic E-state index is -4.66. The zero-order valence-corrected chi connectivity index (χ0v) is 19.2. The van der Waals surface area contributed by atoms with Crippen molar-refractivity contribution in [1.82, 2.24) is 9.78 Å². The van der Waals surface area contributed by atoms with E-state index in [2.05, 4.69) is 21.0 Å². The van der Waals surface area contributed by atoms with Crippen molar-refractivity contribution < 1.29 is 18.3 Å². The Bertz CT molecular complexity index is 1270. The number of hydrogen-bond acceptors (Lipinski definition) is 4. The second-order valence-corrected chi connectivity index (χ2v) is 9.39. The second kappa shape index (κ2) is 8.29. The first-order valence-corrected chi connectivity index (χ1v) is 11.6. The summed E-state index contributed by atoms with van der Waals surface area (Å²) >= 11 is 3.40. The number of halogens is 4. The van der Waals surface area contributed by atoms with Crippen LogP contribution in [0.15, 0.2) is 51.7 Å². The first kappa shape index (κ1) is 22.2. The second-order valence-electron chi connectivity index (χ2n) is 8.47. The van der Waals surface area contributed by atoms with Crippen LogP contribution in [-0.4, -0.2) is 34.1 Å². The van der Waals surface area contributed by atoms with Crippen LogP contribution >= 0.6 is 15.9 Å². The number of aliphatic hydroxyl groups excluding tert-OH is 1. The first-order valence-electron chi connectivity index (χ1n) is 10.8. The SMILES string of the molecule is O=c1c2c(c(-c3ccc(Br)cc3)nn1-c1cc(N3CC[C@H](O)C3)ccc1C(F)(F)F)CCC2. The standard InChI is InChI=1S/C24H21BrF3N3O2/c25-15-6-4-14(5-7-15)22-18-2-1-3-19(18)23(33)31(29-22)21-12-16(30-11-10-17(32)13-30)8-9-20(21)24(26,27)28/h4-9,12,17,32H,1-3,10-11,13H2/t17-/m0/s1. The van der Waals surface area contributed by atoms with E-state index in [4.69, 9.17) is 0 Å². The number of anilines is 1. The molecule has 2 aliphatic rings. The van der Waals surface area contributed by atoms with Gasteiger partial charge in [0.2, 0.25) is 0 Å². The van der Waals surface area contributed by atoms with Crippen molar-refractivity contribution in [1.29, 1.82) is 0 Å². The molecule has 2 heterocycles. The van der Waals surface area contributed by atoms with E-state index >= 15 is 0 Å². The Morgan fingerprint density at radius 2 is 1.79 bits per heavy atom. The molecule has 0 unspecified atom stereocenters. The van der Waals surface area contributed by atoms with E-state index < -0.39 is 23.4 Å². The average Bonchev–Trinajstić information content (AvgIpc) is 3.44. The Balaban J connectivity index is 1.74. The number of benzene rings is 2. The molecular formula is C24H21BrF3N3O2. The summed E-state index contributed by atoms with van der Waals surface area (Å²) < 4.78 is 43.7. The Labute approximate surface area is 196 Å². The predicted octanol–water partition coefficient (Wildman–Crippen LogP) is 4.74. The quantitative estimate of drug-likeness (QED) is 0.542. The van der Waals surface area contributed by atoms with Crippen molar-refractivity contribution in [2.45, 2.75) is 38.0 Å². The Kier molecular flexibility index (Phi) is 5.56. The molecule has 0 radical (unpaired) electrons. The highest BCUT2D eigenvalue weighted by Gasteiger charge is 2.36. The van der Waals surface area contributed by atoms with Gasteiger partial charge >= 0.3 is 6.18 Å². The van der Waals surface area contributed by atoms with Crippen molar-refractivity contribution in [3.63, 3.8) is 0 Å². The lowest BCUT2D eigenvalue weighted by atomic mass is 10.0. The highest BCUT2D eigenvalue weighted by molar-refractivity contribution is 9.10. The summed E-state index contributed by atoms with van der Waals surface area (Å²) in [5.41, 5.74) is 1.42. The Morgan fingerprint density at radius 3 is 2.45 bits per heavy atom. The minimum Gasteiger partial charge on any atom is -0.391 e. The number of aliphatic hydroxyl groups is 1. The van der Waals surface area contributed by atoms with Crippen LogP contribution in [0.1, 0.15) is 29.5 Å². The lowest BCUT2D eigenvalue weighted by Gasteiger charge is -2.22. The summed E-state index contributed by atoms with van der Waals surface area (Å²) in [5.74, 6) is 0. The Morgan fingerprint density at radius 1 is 1.06 bits per heavy atom. The molecule has 3 aromatic rings. The van der Waals surface area contributed by atoms with Gasteiger partial charge in [-0.2, -0.15) is 23.0 Å². The molecule has 0 spiro atoms. The van der Waals surface area contributed by atoms with E-state index in [1.54, 1.807) is 0 Å². The zero-order chi connectivity index (χ0) is 23.3. The summed E-state index contributed by atoms with van der Waals surface area (Å²) in [6, 6.07) is 11.1. The van der Waals surface area contributed by atoms with Gasteiger partial charge in [-0.1, -0.05) is 28.1 Å². The normalized spacial score (nSPS) is 18.1. The van der Waals surface area contributed by atoms with E-state index in [9.17, 15) is 23.1 Å². The monoisotopic (exact) mass is 519 g/mol. The number of hydrogen-bond donors (Lipinski definition) is 1. The van der Waals surface area contributed by atoms with E-state index in [0.717, 1.165) is 32.8 Å². The van der Waals surface area contributed by atoms with Crippen LogP contribution in [0.3, 0.4) is 0 Å². The molecule has 0 saturated carbocycles. The number of β-amino-alcohol motifs (C(OH)–C–C–N with tert-alkyl or cyclic N) is 1. The van der Waals surface area contributed by atoms with Crippen LogP contribution < -0.4 is 10.5 Å². The maximum Gasteiger partial charge on any atom is 0.418 e. The molecule has 5 rings (SSSR count). The summed E-state index contributed by atoms with van der Waals surface area (Å²) in [6.45, 7) is 0.865. The molecule has 172 valence electrons. The third-order valence-corrected chi connectivity index (χ3v) is 6.84. The summed E-state index contributed by atoms with van der Waals surface area (Å²) in [6.07, 6.45) is -2.70. The molecule has 0 amide bonds. The van der Waals surface area contributed by atoms with Crippen molar-refractivity contribution in [2.75, 3.05) is 18.0 Å². The zero-order valence-electron chi connectivity index (χ0n) is 17.6. The van der Waals surface area contributed by atoms with Crippen molar-refractivity contribution in [2.24, 2.45) is 0 Å². The van der Waals surface area contributed by atoms with Gasteiger partial charge in [-0.25, -0.2) is 0 Å². The molecule has 1 aromatic heterocycles. The van der Waals surface area contributed by atoms with Crippen molar-refractivity contribution in [3.8, 4) is 16.9 Å². The number of alkyl halides is 3. The van der Waals surface area contributed by atoms with Crippen LogP contribution in [0.5, 0.6) is 0 Å². The average molecular weight is 520 g/mol. The Hall–Kier alpha value is -2.65. The third kappa shape index (κ3) is 4.08. The molecule has 1 atom stereocenters. The predicted molar refractivity (Wildman–Crippen MR) is 123 cm³/mol. The highest BCUT2D eigenvalue weighted by atomic mass is 79.9. The number of aromatic nitrogens is 2. The van der Waals surface area contributed by atoms with E-state index in [1.807, 2.05) is 29.2 Å². The highest BCUT2D eigenvalue weighted by Crippen LogP contribution is 2.37. The summed E-state index contributed by atoms with van der Waals surface area (Å²) in [5, 5.41) is 14.4. The molecule has 1 aliphatic carbocycles. The van der Waals surface area contributed by atoms with Gasteiger partial charge in [0.1, 0.15) is 0 Å². The van der Waals surface area contributed by atoms with Gasteiger partial charge in [-0.15, -0.1) is 0 Å². The topological polar surface area (TPSA) is 58.4 Å². The number of fused-ring (bicyclic) bond motifs is 1. The molecule has 1 aliphatic heterocycles. The maximum absolute atomic E-state index is 14.0. The molecular weight excluding hydrogens is 499 g/mol. The van der Waals surface area contributed by atoms with Crippen molar-refractivity contribution in [3.05, 3.63) is 74.0 Å². The van der Waals surface area contributed by atoms with E-state index in [-0.39, 0.29) is 5.69 Å². The molecule has 33 heavy (non-hydrogen) atoms. The molecule has 1 N–H and O–H groups in total. The lowest BCUT2D eigenvalue weighted by Crippen LogP contribution is -2.29. The van der Waals surface area contributed by atoms with Gasteiger partial charge in [0.25, 0.3) is 5.56 Å². The van der Waals surface area contributed by atoms with Gasteiger partial charge in [-0.05, 0) is 61.6 Å². The van der Waals surface area contributed by atoms with Gasteiger partial charge in [0.05, 0.1) is 23.0 Å². The lowest BCUT2D eigenvalue weighted by molar-refractivity contribution is -0.137. The third-order valence-electron chi connectivity index (χ3n) is 6.32. The van der Waals surface area contributed by atoms with Gasteiger partial charge in [-0.3, -0.25) is 4.79 Å². The largest absolute Gasteiger partial charge is 0.418 e.